The monoisotopic (exact) mass is 427 g/mol. The molecule has 0 aliphatic heterocycles. The highest BCUT2D eigenvalue weighted by molar-refractivity contribution is 7.09. The molecule has 1 fully saturated rings. The molecule has 4 atom stereocenters. The molecule has 4 heteroatoms. The van der Waals surface area contributed by atoms with Crippen molar-refractivity contribution in [2.24, 2.45) is 28.6 Å². The number of carbonyl (C=O) groups is 1. The molecule has 1 aromatic heterocycles. The van der Waals surface area contributed by atoms with Gasteiger partial charge in [0.05, 0.1) is 23.2 Å². The summed E-state index contributed by atoms with van der Waals surface area (Å²) in [6.07, 6.45) is 12.5. The van der Waals surface area contributed by atoms with E-state index in [0.717, 1.165) is 31.4 Å². The third kappa shape index (κ3) is 3.70. The van der Waals surface area contributed by atoms with Gasteiger partial charge in [0.25, 0.3) is 0 Å². The van der Waals surface area contributed by atoms with Crippen molar-refractivity contribution in [3.8, 4) is 0 Å². The Kier molecular flexibility index (Phi) is 6.00. The number of fused-ring (bicyclic) bond motifs is 3. The first-order valence-corrected chi connectivity index (χ1v) is 12.6. The van der Waals surface area contributed by atoms with Crippen LogP contribution in [0.1, 0.15) is 76.8 Å². The zero-order chi connectivity index (χ0) is 21.5. The molecule has 1 saturated carbocycles. The predicted octanol–water partition coefficient (Wildman–Crippen LogP) is 6.67. The lowest BCUT2D eigenvalue weighted by Crippen LogP contribution is -2.53. The highest BCUT2D eigenvalue weighted by Crippen LogP contribution is 2.62. The van der Waals surface area contributed by atoms with Gasteiger partial charge in [0.15, 0.2) is 0 Å². The number of aromatic nitrogens is 1. The van der Waals surface area contributed by atoms with E-state index in [2.05, 4.69) is 44.8 Å². The van der Waals surface area contributed by atoms with Crippen LogP contribution in [0.5, 0.6) is 0 Å². The van der Waals surface area contributed by atoms with Gasteiger partial charge in [0, 0.05) is 11.3 Å². The molecule has 0 N–H and O–H groups in total. The summed E-state index contributed by atoms with van der Waals surface area (Å²) in [6, 6.07) is 0. The molecule has 1 heterocycles. The van der Waals surface area contributed by atoms with E-state index in [0.29, 0.717) is 24.4 Å². The molecule has 30 heavy (non-hydrogen) atoms. The normalized spacial score (nSPS) is 33.4. The minimum absolute atomic E-state index is 0.0201. The highest BCUT2D eigenvalue weighted by Gasteiger charge is 2.57. The van der Waals surface area contributed by atoms with E-state index < -0.39 is 0 Å². The van der Waals surface area contributed by atoms with Crippen molar-refractivity contribution in [2.45, 2.75) is 79.6 Å². The zero-order valence-electron chi connectivity index (χ0n) is 19.3. The van der Waals surface area contributed by atoms with Crippen molar-refractivity contribution in [1.29, 1.82) is 0 Å². The van der Waals surface area contributed by atoms with E-state index in [1.165, 1.54) is 24.1 Å². The lowest BCUT2D eigenvalue weighted by molar-refractivity contribution is -0.169. The zero-order valence-corrected chi connectivity index (χ0v) is 20.1. The Morgan fingerprint density at radius 3 is 2.83 bits per heavy atom. The molecule has 3 aliphatic carbocycles. The number of esters is 1. The summed E-state index contributed by atoms with van der Waals surface area (Å²) >= 11 is 1.65. The van der Waals surface area contributed by atoms with Crippen molar-refractivity contribution in [3.63, 3.8) is 0 Å². The second-order valence-electron chi connectivity index (χ2n) is 10.5. The molecular weight excluding hydrogens is 390 g/mol. The Morgan fingerprint density at radius 2 is 2.13 bits per heavy atom. The summed E-state index contributed by atoms with van der Waals surface area (Å²) in [5, 5.41) is 0. The number of carbonyl (C=O) groups excluding carboxylic acids is 1. The fraction of sp³-hybridized carbons (Fsp3) is 0.692. The van der Waals surface area contributed by atoms with Crippen LogP contribution in [0.4, 0.5) is 0 Å². The van der Waals surface area contributed by atoms with Crippen LogP contribution in [0.3, 0.4) is 0 Å². The number of ether oxygens (including phenoxy) is 1. The fourth-order valence-corrected chi connectivity index (χ4v) is 7.32. The number of rotatable bonds is 5. The number of hydrogen-bond acceptors (Lipinski definition) is 4. The van der Waals surface area contributed by atoms with Gasteiger partial charge in [-0.15, -0.1) is 11.3 Å². The molecule has 0 bridgehead atoms. The van der Waals surface area contributed by atoms with E-state index in [9.17, 15) is 4.79 Å². The maximum atomic E-state index is 13.4. The largest absolute Gasteiger partial charge is 0.465 e. The van der Waals surface area contributed by atoms with E-state index >= 15 is 0 Å². The van der Waals surface area contributed by atoms with Crippen LogP contribution in [-0.4, -0.2) is 17.6 Å². The summed E-state index contributed by atoms with van der Waals surface area (Å²) < 4.78 is 5.90. The maximum Gasteiger partial charge on any atom is 0.312 e. The topological polar surface area (TPSA) is 39.2 Å². The standard InChI is InChI=1S/C26H37NO2S/c1-17(2)19-7-9-21-20(15-19)8-10-23-25(21,4)12-6-13-26(23,5)24(28)29-14-11-22-18(3)27-16-30-22/h8,15-17,21,23H,6-7,9-14H2,1-5H3. The van der Waals surface area contributed by atoms with Gasteiger partial charge in [0.1, 0.15) is 0 Å². The van der Waals surface area contributed by atoms with Crippen LogP contribution in [0.25, 0.3) is 0 Å². The first-order valence-electron chi connectivity index (χ1n) is 11.7. The molecule has 3 nitrogen and oxygen atoms in total. The Labute approximate surface area is 186 Å². The molecule has 164 valence electrons. The van der Waals surface area contributed by atoms with E-state index in [4.69, 9.17) is 4.74 Å². The average molecular weight is 428 g/mol. The Hall–Kier alpha value is -1.42. The summed E-state index contributed by atoms with van der Waals surface area (Å²) in [5.41, 5.74) is 5.89. The van der Waals surface area contributed by atoms with Crippen molar-refractivity contribution in [2.75, 3.05) is 6.61 Å². The number of aryl methyl sites for hydroxylation is 1. The van der Waals surface area contributed by atoms with Gasteiger partial charge in [0.2, 0.25) is 0 Å². The molecule has 0 radical (unpaired) electrons. The smallest absolute Gasteiger partial charge is 0.312 e. The molecule has 4 unspecified atom stereocenters. The summed E-state index contributed by atoms with van der Waals surface area (Å²) in [5.74, 6) is 1.61. The third-order valence-corrected chi connectivity index (χ3v) is 9.45. The molecule has 4 rings (SSSR count). The second-order valence-corrected chi connectivity index (χ2v) is 11.4. The van der Waals surface area contributed by atoms with Gasteiger partial charge in [-0.05, 0) is 74.7 Å². The SMILES string of the molecule is Cc1ncsc1CCOC(=O)C1(C)CCCC2(C)C3CCC(C(C)C)=CC3=CCC12. The van der Waals surface area contributed by atoms with Crippen molar-refractivity contribution < 1.29 is 9.53 Å². The average Bonchev–Trinajstić information content (AvgIpc) is 3.12. The Morgan fingerprint density at radius 1 is 1.33 bits per heavy atom. The van der Waals surface area contributed by atoms with E-state index in [-0.39, 0.29) is 16.8 Å². The number of nitrogens with zero attached hydrogens (tertiary/aromatic N) is 1. The van der Waals surface area contributed by atoms with Gasteiger partial charge >= 0.3 is 5.97 Å². The molecule has 0 spiro atoms. The first kappa shape index (κ1) is 21.8. The molecule has 0 aromatic carbocycles. The van der Waals surface area contributed by atoms with Gasteiger partial charge in [-0.3, -0.25) is 4.79 Å². The fourth-order valence-electron chi connectivity index (χ4n) is 6.56. The first-order chi connectivity index (χ1) is 14.3. The van der Waals surface area contributed by atoms with Gasteiger partial charge in [-0.25, -0.2) is 4.98 Å². The van der Waals surface area contributed by atoms with Crippen molar-refractivity contribution >= 4 is 17.3 Å². The van der Waals surface area contributed by atoms with Gasteiger partial charge in [-0.1, -0.05) is 44.9 Å². The number of hydrogen-bond donors (Lipinski definition) is 0. The highest BCUT2D eigenvalue weighted by atomic mass is 32.1. The van der Waals surface area contributed by atoms with Gasteiger partial charge in [-0.2, -0.15) is 0 Å². The maximum absolute atomic E-state index is 13.4. The summed E-state index contributed by atoms with van der Waals surface area (Å²) in [7, 11) is 0. The second kappa shape index (κ2) is 8.26. The van der Waals surface area contributed by atoms with Crippen LogP contribution in [0.2, 0.25) is 0 Å². The van der Waals surface area contributed by atoms with E-state index in [1.54, 1.807) is 22.5 Å². The minimum Gasteiger partial charge on any atom is -0.465 e. The Bertz CT molecular complexity index is 866. The number of thiazole rings is 1. The van der Waals surface area contributed by atoms with Crippen molar-refractivity contribution in [1.82, 2.24) is 4.98 Å². The quantitative estimate of drug-likeness (QED) is 0.492. The summed E-state index contributed by atoms with van der Waals surface area (Å²) in [4.78, 5) is 18.9. The molecular formula is C26H37NO2S. The molecule has 0 amide bonds. The predicted molar refractivity (Wildman–Crippen MR) is 123 cm³/mol. The van der Waals surface area contributed by atoms with Crippen LogP contribution in [0, 0.1) is 35.5 Å². The van der Waals surface area contributed by atoms with Crippen LogP contribution < -0.4 is 0 Å². The molecule has 0 saturated heterocycles. The van der Waals surface area contributed by atoms with Gasteiger partial charge < -0.3 is 4.74 Å². The Balaban J connectivity index is 1.51. The lowest BCUT2D eigenvalue weighted by atomic mass is 9.47. The van der Waals surface area contributed by atoms with Crippen LogP contribution in [0.15, 0.2) is 28.8 Å². The molecule has 3 aliphatic rings. The lowest BCUT2D eigenvalue weighted by Gasteiger charge is -2.57. The van der Waals surface area contributed by atoms with Crippen LogP contribution in [-0.2, 0) is 16.0 Å². The summed E-state index contributed by atoms with van der Waals surface area (Å²) in [6.45, 7) is 11.8. The van der Waals surface area contributed by atoms with E-state index in [1.807, 2.05) is 12.4 Å². The third-order valence-electron chi connectivity index (χ3n) is 8.45. The minimum atomic E-state index is -0.375. The molecule has 1 aromatic rings. The van der Waals surface area contributed by atoms with Crippen molar-refractivity contribution in [3.05, 3.63) is 39.4 Å². The number of allylic oxidation sites excluding steroid dienone is 4. The van der Waals surface area contributed by atoms with Crippen LogP contribution >= 0.6 is 11.3 Å².